The second-order valence-electron chi connectivity index (χ2n) is 20.5. The Labute approximate surface area is 497 Å². The molecule has 0 aromatic rings. The van der Waals surface area contributed by atoms with Gasteiger partial charge in [-0.25, -0.2) is 0 Å². The maximum atomic E-state index is 12.9. The van der Waals surface area contributed by atoms with Crippen molar-refractivity contribution < 1.29 is 28.6 Å². The van der Waals surface area contributed by atoms with Gasteiger partial charge in [-0.3, -0.25) is 14.4 Å². The molecule has 1 atom stereocenters. The summed E-state index contributed by atoms with van der Waals surface area (Å²) in [5, 5.41) is 0. The van der Waals surface area contributed by atoms with Crippen molar-refractivity contribution in [1.82, 2.24) is 0 Å². The molecule has 0 fully saturated rings. The average molecular weight is 1110 g/mol. The van der Waals surface area contributed by atoms with Gasteiger partial charge in [0.15, 0.2) is 6.10 Å². The predicted octanol–water partition coefficient (Wildman–Crippen LogP) is 22.4. The van der Waals surface area contributed by atoms with Crippen LogP contribution in [-0.4, -0.2) is 37.2 Å². The molecular weight excluding hydrogens is 997 g/mol. The van der Waals surface area contributed by atoms with Gasteiger partial charge in [-0.05, 0) is 161 Å². The van der Waals surface area contributed by atoms with Crippen LogP contribution in [0.15, 0.2) is 182 Å². The second kappa shape index (κ2) is 67.0. The van der Waals surface area contributed by atoms with Gasteiger partial charge in [-0.2, -0.15) is 0 Å². The van der Waals surface area contributed by atoms with Crippen LogP contribution in [0.4, 0.5) is 0 Å². The highest BCUT2D eigenvalue weighted by molar-refractivity contribution is 5.71. The third kappa shape index (κ3) is 65.2. The van der Waals surface area contributed by atoms with Gasteiger partial charge in [-0.15, -0.1) is 0 Å². The lowest BCUT2D eigenvalue weighted by Gasteiger charge is -2.18. The lowest BCUT2D eigenvalue weighted by atomic mass is 10.1. The van der Waals surface area contributed by atoms with E-state index in [1.807, 2.05) is 0 Å². The largest absolute Gasteiger partial charge is 0.462 e. The zero-order valence-corrected chi connectivity index (χ0v) is 51.7. The SMILES string of the molecule is CC/C=C\C/C=C\C/C=C\C/C=C\C/C=C\C/C=C\C/C=C\CCCCCC(=O)OCC(COC(=O)CCCCCCC/C=C\CCCCCC)OC(=O)CCCCC/C=C\C/C=C\C/C=C\C/C=C\C/C=C\C/C=C\C/C=C\CC. The topological polar surface area (TPSA) is 78.9 Å². The lowest BCUT2D eigenvalue weighted by Crippen LogP contribution is -2.30. The van der Waals surface area contributed by atoms with Crippen molar-refractivity contribution in [1.29, 1.82) is 0 Å². The van der Waals surface area contributed by atoms with E-state index in [1.165, 1.54) is 38.5 Å². The van der Waals surface area contributed by atoms with E-state index in [2.05, 4.69) is 203 Å². The molecule has 0 saturated carbocycles. The maximum Gasteiger partial charge on any atom is 0.306 e. The molecule has 0 aliphatic carbocycles. The number of allylic oxidation sites excluding steroid dienone is 30. The molecule has 0 amide bonds. The van der Waals surface area contributed by atoms with Crippen LogP contribution < -0.4 is 0 Å². The molecule has 0 aliphatic rings. The highest BCUT2D eigenvalue weighted by Crippen LogP contribution is 2.13. The summed E-state index contributed by atoms with van der Waals surface area (Å²) in [6.07, 6.45) is 100. The minimum atomic E-state index is -0.826. The number of esters is 3. The number of carbonyl (C=O) groups is 3. The summed E-state index contributed by atoms with van der Waals surface area (Å²) in [6, 6.07) is 0. The van der Waals surface area contributed by atoms with Crippen LogP contribution in [0, 0.1) is 0 Å². The molecule has 0 saturated heterocycles. The monoisotopic (exact) mass is 1110 g/mol. The number of carbonyl (C=O) groups excluding carboxylic acids is 3. The van der Waals surface area contributed by atoms with Crippen molar-refractivity contribution in [2.24, 2.45) is 0 Å². The molecule has 452 valence electrons. The molecule has 0 rings (SSSR count). The van der Waals surface area contributed by atoms with E-state index in [0.29, 0.717) is 19.3 Å². The fraction of sp³-hybridized carbons (Fsp3) is 0.560. The molecule has 0 spiro atoms. The highest BCUT2D eigenvalue weighted by Gasteiger charge is 2.19. The Hall–Kier alpha value is -5.49. The summed E-state index contributed by atoms with van der Waals surface area (Å²) in [5.41, 5.74) is 0. The summed E-state index contributed by atoms with van der Waals surface area (Å²) in [5.74, 6) is -0.999. The number of unbranched alkanes of at least 4 members (excludes halogenated alkanes) is 15. The van der Waals surface area contributed by atoms with Crippen molar-refractivity contribution in [3.8, 4) is 0 Å². The van der Waals surface area contributed by atoms with Crippen molar-refractivity contribution in [3.63, 3.8) is 0 Å². The molecule has 0 aliphatic heterocycles. The van der Waals surface area contributed by atoms with Gasteiger partial charge in [0.1, 0.15) is 13.2 Å². The molecule has 0 radical (unpaired) electrons. The average Bonchev–Trinajstić information content (AvgIpc) is 3.46. The van der Waals surface area contributed by atoms with E-state index in [4.69, 9.17) is 14.2 Å². The fourth-order valence-electron chi connectivity index (χ4n) is 8.10. The zero-order chi connectivity index (χ0) is 58.5. The van der Waals surface area contributed by atoms with Crippen molar-refractivity contribution in [2.45, 2.75) is 258 Å². The first-order valence-corrected chi connectivity index (χ1v) is 32.3. The Kier molecular flexibility index (Phi) is 62.5. The highest BCUT2D eigenvalue weighted by atomic mass is 16.6. The van der Waals surface area contributed by atoms with E-state index in [-0.39, 0.29) is 37.5 Å². The predicted molar refractivity (Wildman–Crippen MR) is 352 cm³/mol. The van der Waals surface area contributed by atoms with Gasteiger partial charge >= 0.3 is 17.9 Å². The number of hydrogen-bond acceptors (Lipinski definition) is 6. The van der Waals surface area contributed by atoms with Crippen molar-refractivity contribution in [3.05, 3.63) is 182 Å². The molecule has 0 aromatic heterocycles. The first kappa shape index (κ1) is 75.5. The Morgan fingerprint density at radius 2 is 0.481 bits per heavy atom. The minimum absolute atomic E-state index is 0.116. The smallest absolute Gasteiger partial charge is 0.306 e. The van der Waals surface area contributed by atoms with Crippen molar-refractivity contribution >= 4 is 17.9 Å². The molecule has 0 heterocycles. The van der Waals surface area contributed by atoms with E-state index < -0.39 is 6.10 Å². The minimum Gasteiger partial charge on any atom is -0.462 e. The summed E-state index contributed by atoms with van der Waals surface area (Å²) in [6.45, 7) is 6.32. The molecule has 6 nitrogen and oxygen atoms in total. The molecule has 81 heavy (non-hydrogen) atoms. The summed E-state index contributed by atoms with van der Waals surface area (Å²) in [7, 11) is 0. The Morgan fingerprint density at radius 3 is 0.778 bits per heavy atom. The van der Waals surface area contributed by atoms with Gasteiger partial charge in [-0.1, -0.05) is 254 Å². The molecule has 1 unspecified atom stereocenters. The van der Waals surface area contributed by atoms with Gasteiger partial charge < -0.3 is 14.2 Å². The van der Waals surface area contributed by atoms with Crippen LogP contribution in [0.1, 0.15) is 252 Å². The Balaban J connectivity index is 4.53. The van der Waals surface area contributed by atoms with E-state index in [9.17, 15) is 14.4 Å². The number of hydrogen-bond donors (Lipinski definition) is 0. The van der Waals surface area contributed by atoms with Crippen LogP contribution in [0.25, 0.3) is 0 Å². The first-order valence-electron chi connectivity index (χ1n) is 32.3. The molecule has 0 aromatic carbocycles. The molecule has 0 N–H and O–H groups in total. The van der Waals surface area contributed by atoms with Crippen LogP contribution in [-0.2, 0) is 28.6 Å². The summed E-state index contributed by atoms with van der Waals surface area (Å²) >= 11 is 0. The van der Waals surface area contributed by atoms with E-state index in [1.54, 1.807) is 0 Å². The second-order valence-corrected chi connectivity index (χ2v) is 20.5. The van der Waals surface area contributed by atoms with Gasteiger partial charge in [0.2, 0.25) is 0 Å². The Morgan fingerprint density at radius 1 is 0.259 bits per heavy atom. The summed E-state index contributed by atoms with van der Waals surface area (Å²) in [4.78, 5) is 38.3. The third-order valence-corrected chi connectivity index (χ3v) is 12.9. The van der Waals surface area contributed by atoms with Crippen LogP contribution in [0.5, 0.6) is 0 Å². The maximum absolute atomic E-state index is 12.9. The fourth-order valence-corrected chi connectivity index (χ4v) is 8.10. The van der Waals surface area contributed by atoms with Gasteiger partial charge in [0.05, 0.1) is 0 Å². The van der Waals surface area contributed by atoms with Crippen LogP contribution in [0.2, 0.25) is 0 Å². The lowest BCUT2D eigenvalue weighted by molar-refractivity contribution is -0.167. The molecular formula is C75H116O6. The zero-order valence-electron chi connectivity index (χ0n) is 51.7. The normalized spacial score (nSPS) is 13.4. The standard InChI is InChI=1S/C75H116O6/c1-4-7-10-13-16-19-22-25-27-29-31-33-35-37-39-41-43-45-47-50-53-56-59-62-65-68-74(77)80-71-72(70-79-73(76)67-64-61-58-55-52-49-24-21-18-15-12-9-6-3)81-75(78)69-66-63-60-57-54-51-48-46-44-42-40-38-36-34-32-30-28-26-23-20-17-14-11-8-5-2/h7-8,10-11,16-17,19-21,24-28,31-34,37-40,43-46,50-51,53-54,72H,4-6,9,12-15,18,22-23,29-30,35-36,41-42,47-49,52,55-71H2,1-3H3/b10-7-,11-8-,19-16-,20-17-,24-21-,27-25-,28-26-,33-31-,34-32-,39-37-,40-38-,45-43-,46-44-,53-50-,54-51-. The summed E-state index contributed by atoms with van der Waals surface area (Å²) < 4.78 is 16.9. The number of rotatable bonds is 56. The van der Waals surface area contributed by atoms with E-state index in [0.717, 1.165) is 167 Å². The molecule has 0 bridgehead atoms. The van der Waals surface area contributed by atoms with Crippen molar-refractivity contribution in [2.75, 3.05) is 13.2 Å². The Bertz CT molecular complexity index is 1900. The van der Waals surface area contributed by atoms with E-state index >= 15 is 0 Å². The third-order valence-electron chi connectivity index (χ3n) is 12.9. The van der Waals surface area contributed by atoms with Gasteiger partial charge in [0.25, 0.3) is 0 Å². The van der Waals surface area contributed by atoms with Gasteiger partial charge in [0, 0.05) is 19.3 Å². The van der Waals surface area contributed by atoms with Crippen LogP contribution in [0.3, 0.4) is 0 Å². The quantitative estimate of drug-likeness (QED) is 0.0261. The van der Waals surface area contributed by atoms with Crippen LogP contribution >= 0.6 is 0 Å². The number of ether oxygens (including phenoxy) is 3. The first-order chi connectivity index (χ1) is 40.0. The molecule has 6 heteroatoms.